The summed E-state index contributed by atoms with van der Waals surface area (Å²) >= 11 is 0. The third kappa shape index (κ3) is 2.65. The second-order valence-electron chi connectivity index (χ2n) is 6.01. The summed E-state index contributed by atoms with van der Waals surface area (Å²) in [4.78, 5) is 13.9. The van der Waals surface area contributed by atoms with Crippen LogP contribution in [0.1, 0.15) is 30.7 Å². The van der Waals surface area contributed by atoms with Crippen molar-refractivity contribution in [2.24, 2.45) is 0 Å². The maximum atomic E-state index is 4.73. The van der Waals surface area contributed by atoms with Gasteiger partial charge in [0.05, 0.1) is 23.3 Å². The molecule has 1 aromatic carbocycles. The number of nitrogens with zero attached hydrogens (tertiary/aromatic N) is 5. The number of hydrogen-bond acceptors (Lipinski definition) is 5. The fraction of sp³-hybridized carbons (Fsp3) is 0.412. The van der Waals surface area contributed by atoms with Crippen LogP contribution in [0.25, 0.3) is 11.0 Å². The lowest BCUT2D eigenvalue weighted by molar-refractivity contribution is 0.439. The number of para-hydroxylation sites is 2. The van der Waals surface area contributed by atoms with E-state index in [0.717, 1.165) is 60.0 Å². The minimum atomic E-state index is 0.308. The summed E-state index contributed by atoms with van der Waals surface area (Å²) in [5.41, 5.74) is 2.79. The molecule has 0 saturated carbocycles. The molecule has 0 aliphatic carbocycles. The third-order valence-electron chi connectivity index (χ3n) is 4.30. The van der Waals surface area contributed by atoms with Crippen molar-refractivity contribution in [1.29, 1.82) is 0 Å². The summed E-state index contributed by atoms with van der Waals surface area (Å²) in [6.07, 6.45) is 2.87. The van der Waals surface area contributed by atoms with Crippen LogP contribution < -0.4 is 5.32 Å². The molecule has 2 aromatic heterocycles. The van der Waals surface area contributed by atoms with Gasteiger partial charge in [-0.25, -0.2) is 19.6 Å². The quantitative estimate of drug-likeness (QED) is 0.805. The first-order valence-corrected chi connectivity index (χ1v) is 8.15. The minimum absolute atomic E-state index is 0.308. The highest BCUT2D eigenvalue weighted by Crippen LogP contribution is 2.20. The van der Waals surface area contributed by atoms with Gasteiger partial charge in [-0.15, -0.1) is 0 Å². The van der Waals surface area contributed by atoms with Crippen molar-refractivity contribution in [3.8, 4) is 0 Å². The van der Waals surface area contributed by atoms with Crippen LogP contribution in [0, 0.1) is 6.92 Å². The van der Waals surface area contributed by atoms with Gasteiger partial charge in [-0.05, 0) is 25.5 Å². The van der Waals surface area contributed by atoms with E-state index in [1.54, 1.807) is 0 Å². The Morgan fingerprint density at radius 1 is 1.17 bits per heavy atom. The van der Waals surface area contributed by atoms with Gasteiger partial charge in [0.2, 0.25) is 0 Å². The van der Waals surface area contributed by atoms with E-state index in [1.165, 1.54) is 0 Å². The molecular weight excluding hydrogens is 288 g/mol. The first-order chi connectivity index (χ1) is 11.2. The zero-order valence-corrected chi connectivity index (χ0v) is 13.5. The van der Waals surface area contributed by atoms with Crippen LogP contribution in [0.3, 0.4) is 0 Å². The first-order valence-electron chi connectivity index (χ1n) is 8.15. The summed E-state index contributed by atoms with van der Waals surface area (Å²) in [7, 11) is 0. The molecule has 0 saturated heterocycles. The Kier molecular flexibility index (Phi) is 3.44. The van der Waals surface area contributed by atoms with Crippen molar-refractivity contribution in [1.82, 2.24) is 24.7 Å². The number of anilines is 1. The molecule has 1 N–H and O–H groups in total. The number of nitrogens with one attached hydrogen (secondary N) is 1. The predicted molar refractivity (Wildman–Crippen MR) is 89.4 cm³/mol. The van der Waals surface area contributed by atoms with Gasteiger partial charge < -0.3 is 5.32 Å². The van der Waals surface area contributed by atoms with Crippen molar-refractivity contribution >= 4 is 16.9 Å². The molecule has 3 heterocycles. The summed E-state index contributed by atoms with van der Waals surface area (Å²) in [5, 5.41) is 8.11. The van der Waals surface area contributed by atoms with Crippen molar-refractivity contribution in [3.05, 3.63) is 41.6 Å². The predicted octanol–water partition coefficient (Wildman–Crippen LogP) is 2.52. The highest BCUT2D eigenvalue weighted by atomic mass is 15.4. The topological polar surface area (TPSA) is 68.5 Å². The molecule has 3 aromatic rings. The van der Waals surface area contributed by atoms with Gasteiger partial charge in [0.15, 0.2) is 5.82 Å². The summed E-state index contributed by atoms with van der Waals surface area (Å²) in [6.45, 7) is 4.92. The largest absolute Gasteiger partial charge is 0.364 e. The van der Waals surface area contributed by atoms with Gasteiger partial charge in [0.1, 0.15) is 11.6 Å². The van der Waals surface area contributed by atoms with Crippen LogP contribution in [0.15, 0.2) is 24.3 Å². The van der Waals surface area contributed by atoms with Gasteiger partial charge in [-0.1, -0.05) is 19.1 Å². The van der Waals surface area contributed by atoms with Crippen LogP contribution >= 0.6 is 0 Å². The smallest absolute Gasteiger partial charge is 0.150 e. The zero-order valence-electron chi connectivity index (χ0n) is 13.5. The van der Waals surface area contributed by atoms with Crippen LogP contribution in [0.5, 0.6) is 0 Å². The molecule has 1 unspecified atom stereocenters. The normalized spacial score (nSPS) is 17.2. The highest BCUT2D eigenvalue weighted by molar-refractivity contribution is 5.76. The van der Waals surface area contributed by atoms with E-state index in [4.69, 9.17) is 4.98 Å². The fourth-order valence-corrected chi connectivity index (χ4v) is 3.05. The number of aryl methyl sites for hydroxylation is 3. The average molecular weight is 308 g/mol. The molecule has 118 valence electrons. The maximum Gasteiger partial charge on any atom is 0.150 e. The molecule has 1 aliphatic rings. The van der Waals surface area contributed by atoms with Crippen molar-refractivity contribution in [2.45, 2.75) is 45.7 Å². The summed E-state index contributed by atoms with van der Waals surface area (Å²) in [6, 6.07) is 8.28. The van der Waals surface area contributed by atoms with Crippen LogP contribution in [-0.4, -0.2) is 30.8 Å². The molecule has 0 radical (unpaired) electrons. The van der Waals surface area contributed by atoms with E-state index in [2.05, 4.69) is 27.3 Å². The highest BCUT2D eigenvalue weighted by Gasteiger charge is 2.22. The number of benzene rings is 1. The average Bonchev–Trinajstić information content (AvgIpc) is 2.98. The summed E-state index contributed by atoms with van der Waals surface area (Å²) in [5.74, 6) is 2.90. The van der Waals surface area contributed by atoms with Crippen LogP contribution in [-0.2, 0) is 19.4 Å². The Balaban J connectivity index is 1.57. The molecule has 1 atom stereocenters. The van der Waals surface area contributed by atoms with Crippen molar-refractivity contribution in [2.75, 3.05) is 5.32 Å². The van der Waals surface area contributed by atoms with Gasteiger partial charge in [0.25, 0.3) is 0 Å². The van der Waals surface area contributed by atoms with Crippen LogP contribution in [0.4, 0.5) is 5.82 Å². The molecule has 0 amide bonds. The Morgan fingerprint density at radius 2 is 1.96 bits per heavy atom. The Hall–Kier alpha value is -2.50. The SMILES string of the molecule is CCc1nc2n(n1)CC(Nc1nc3ccccc3nc1C)CC2. The lowest BCUT2D eigenvalue weighted by Gasteiger charge is -2.24. The number of aromatic nitrogens is 5. The molecule has 23 heavy (non-hydrogen) atoms. The van der Waals surface area contributed by atoms with E-state index < -0.39 is 0 Å². The molecule has 6 nitrogen and oxygen atoms in total. The van der Waals surface area contributed by atoms with Gasteiger partial charge in [0, 0.05) is 18.9 Å². The lowest BCUT2D eigenvalue weighted by atomic mass is 10.1. The van der Waals surface area contributed by atoms with Crippen LogP contribution in [0.2, 0.25) is 0 Å². The number of hydrogen-bond donors (Lipinski definition) is 1. The van der Waals surface area contributed by atoms with Crippen molar-refractivity contribution in [3.63, 3.8) is 0 Å². The zero-order chi connectivity index (χ0) is 15.8. The molecule has 0 bridgehead atoms. The molecule has 0 spiro atoms. The summed E-state index contributed by atoms with van der Waals surface area (Å²) < 4.78 is 2.03. The number of fused-ring (bicyclic) bond motifs is 2. The van der Waals surface area contributed by atoms with Gasteiger partial charge >= 0.3 is 0 Å². The first kappa shape index (κ1) is 14.1. The third-order valence-corrected chi connectivity index (χ3v) is 4.30. The van der Waals surface area contributed by atoms with E-state index >= 15 is 0 Å². The lowest BCUT2D eigenvalue weighted by Crippen LogP contribution is -2.32. The molecular formula is C17H20N6. The number of rotatable bonds is 3. The molecule has 4 rings (SSSR count). The van der Waals surface area contributed by atoms with Gasteiger partial charge in [-0.3, -0.25) is 0 Å². The standard InChI is InChI=1S/C17H20N6/c1-3-15-21-16-9-8-12(10-23(16)22-15)19-17-11(2)18-13-6-4-5-7-14(13)20-17/h4-7,12H,3,8-10H2,1-2H3,(H,19,20). The monoisotopic (exact) mass is 308 g/mol. The molecule has 1 aliphatic heterocycles. The van der Waals surface area contributed by atoms with Gasteiger partial charge in [-0.2, -0.15) is 5.10 Å². The van der Waals surface area contributed by atoms with E-state index in [-0.39, 0.29) is 0 Å². The Morgan fingerprint density at radius 3 is 2.74 bits per heavy atom. The molecule has 0 fully saturated rings. The maximum absolute atomic E-state index is 4.73. The fourth-order valence-electron chi connectivity index (χ4n) is 3.05. The Labute approximate surface area is 135 Å². The van der Waals surface area contributed by atoms with E-state index in [0.29, 0.717) is 6.04 Å². The van der Waals surface area contributed by atoms with E-state index in [9.17, 15) is 0 Å². The molecule has 6 heteroatoms. The Bertz CT molecular complexity index is 853. The van der Waals surface area contributed by atoms with Crippen molar-refractivity contribution < 1.29 is 0 Å². The van der Waals surface area contributed by atoms with E-state index in [1.807, 2.05) is 35.9 Å². The second-order valence-corrected chi connectivity index (χ2v) is 6.01. The minimum Gasteiger partial charge on any atom is -0.364 e. The second kappa shape index (κ2) is 5.61.